The van der Waals surface area contributed by atoms with Crippen LogP contribution in [-0.2, 0) is 9.09 Å². The zero-order valence-corrected chi connectivity index (χ0v) is 20.3. The molecule has 2 aliphatic rings. The van der Waals surface area contributed by atoms with Crippen LogP contribution in [0.25, 0.3) is 11.1 Å². The van der Waals surface area contributed by atoms with Crippen LogP contribution in [0, 0.1) is 22.9 Å². The van der Waals surface area contributed by atoms with Crippen molar-refractivity contribution < 1.29 is 23.1 Å². The lowest BCUT2D eigenvalue weighted by molar-refractivity contribution is -0.385. The summed E-state index contributed by atoms with van der Waals surface area (Å²) < 4.78 is 43.6. The summed E-state index contributed by atoms with van der Waals surface area (Å²) in [5.74, 6) is -0.412. The Morgan fingerprint density at radius 1 is 1.00 bits per heavy atom. The molecule has 2 fully saturated rings. The number of ether oxygens (including phenoxy) is 1. The van der Waals surface area contributed by atoms with Crippen molar-refractivity contribution in [1.29, 1.82) is 0 Å². The molecule has 5 rings (SSSR count). The summed E-state index contributed by atoms with van der Waals surface area (Å²) >= 11 is 0. The highest BCUT2D eigenvalue weighted by atomic mass is 31.2. The molecule has 3 aromatic rings. The molecule has 2 saturated heterocycles. The van der Waals surface area contributed by atoms with Crippen molar-refractivity contribution in [3.05, 3.63) is 87.7 Å². The lowest BCUT2D eigenvalue weighted by Crippen LogP contribution is -2.10. The Morgan fingerprint density at radius 2 is 1.66 bits per heavy atom. The van der Waals surface area contributed by atoms with E-state index in [1.165, 1.54) is 18.2 Å². The molecular weight excluding hydrogens is 472 g/mol. The number of nitro benzene ring substituents is 1. The summed E-state index contributed by atoms with van der Waals surface area (Å²) in [5.41, 5.74) is 2.51. The zero-order valence-electron chi connectivity index (χ0n) is 19.4. The molecule has 35 heavy (non-hydrogen) atoms. The van der Waals surface area contributed by atoms with Crippen molar-refractivity contribution in [2.45, 2.75) is 20.0 Å². The summed E-state index contributed by atoms with van der Waals surface area (Å²) in [7, 11) is -3.08. The Balaban J connectivity index is 1.40. The topological polar surface area (TPSA) is 84.7 Å². The maximum absolute atomic E-state index is 14.9. The molecule has 0 radical (unpaired) electrons. The van der Waals surface area contributed by atoms with Gasteiger partial charge in [0.1, 0.15) is 11.6 Å². The minimum absolute atomic E-state index is 0.0428. The van der Waals surface area contributed by atoms with Gasteiger partial charge in [-0.2, -0.15) is 0 Å². The van der Waals surface area contributed by atoms with E-state index in [4.69, 9.17) is 9.26 Å². The van der Waals surface area contributed by atoms with Crippen molar-refractivity contribution in [3.63, 3.8) is 0 Å². The fraction of sp³-hybridized carbons (Fsp3) is 0.280. The average molecular weight is 497 g/mol. The minimum Gasteiger partial charge on any atom is -0.450 e. The van der Waals surface area contributed by atoms with Crippen LogP contribution in [0.3, 0.4) is 0 Å². The third-order valence-corrected chi connectivity index (χ3v) is 8.86. The molecular formula is C25H25FN3O5P. The van der Waals surface area contributed by atoms with E-state index in [9.17, 15) is 19.1 Å². The molecule has 0 saturated carbocycles. The summed E-state index contributed by atoms with van der Waals surface area (Å²) in [5, 5.41) is 11.6. The van der Waals surface area contributed by atoms with Crippen molar-refractivity contribution >= 4 is 13.4 Å². The van der Waals surface area contributed by atoms with Gasteiger partial charge in [0.15, 0.2) is 0 Å². The minimum atomic E-state index is -3.08. The monoisotopic (exact) mass is 497 g/mol. The number of hydrogen-bond donors (Lipinski definition) is 0. The predicted octanol–water partition coefficient (Wildman–Crippen LogP) is 6.32. The van der Waals surface area contributed by atoms with E-state index in [0.717, 1.165) is 37.3 Å². The number of aryl methyl sites for hydroxylation is 1. The lowest BCUT2D eigenvalue weighted by Gasteiger charge is -2.24. The van der Waals surface area contributed by atoms with Gasteiger partial charge >= 0.3 is 13.4 Å². The third kappa shape index (κ3) is 4.99. The van der Waals surface area contributed by atoms with Crippen LogP contribution in [-0.4, -0.2) is 40.4 Å². The maximum Gasteiger partial charge on any atom is 0.346 e. The van der Waals surface area contributed by atoms with Gasteiger partial charge in [0.25, 0.3) is 0 Å². The van der Waals surface area contributed by atoms with Gasteiger partial charge in [0, 0.05) is 43.9 Å². The van der Waals surface area contributed by atoms with Gasteiger partial charge in [0.05, 0.1) is 11.0 Å². The Labute approximate surface area is 202 Å². The second-order valence-electron chi connectivity index (χ2n) is 8.74. The first-order valence-electron chi connectivity index (χ1n) is 11.4. The lowest BCUT2D eigenvalue weighted by atomic mass is 10.0. The van der Waals surface area contributed by atoms with Crippen molar-refractivity contribution in [2.24, 2.45) is 0 Å². The SMILES string of the molecule is Cc1ccc(-c2ccc(Oc3cc(C(C)OP(=O)(N4CC4)N4CC4)ccc3[N+](=O)[O-])cc2F)cc1. The molecule has 10 heteroatoms. The standard InChI is InChI=1S/C25H25FN3O5P/c1-17-3-5-19(6-4-17)22-9-8-21(16-23(22)26)33-25-15-20(7-10-24(25)29(30)31)18(2)34-35(32,27-11-12-27)28-13-14-28/h3-10,15-16,18H,11-14H2,1-2H3. The smallest absolute Gasteiger partial charge is 0.346 e. The van der Waals surface area contributed by atoms with Crippen LogP contribution in [0.5, 0.6) is 11.5 Å². The Kier molecular flexibility index (Phi) is 6.19. The number of benzene rings is 3. The van der Waals surface area contributed by atoms with Crippen LogP contribution >= 0.6 is 7.67 Å². The van der Waals surface area contributed by atoms with E-state index < -0.39 is 24.5 Å². The van der Waals surface area contributed by atoms with Crippen LogP contribution in [0.1, 0.15) is 24.2 Å². The first kappa shape index (κ1) is 23.6. The van der Waals surface area contributed by atoms with Gasteiger partial charge in [-0.3, -0.25) is 19.2 Å². The van der Waals surface area contributed by atoms with Crippen LogP contribution in [0.2, 0.25) is 0 Å². The predicted molar refractivity (Wildman–Crippen MR) is 130 cm³/mol. The van der Waals surface area contributed by atoms with E-state index in [0.29, 0.717) is 11.1 Å². The molecule has 2 heterocycles. The summed E-state index contributed by atoms with van der Waals surface area (Å²) in [6.07, 6.45) is -0.592. The van der Waals surface area contributed by atoms with Gasteiger partial charge < -0.3 is 4.74 Å². The molecule has 8 nitrogen and oxygen atoms in total. The molecule has 0 N–H and O–H groups in total. The molecule has 1 unspecified atom stereocenters. The van der Waals surface area contributed by atoms with Crippen molar-refractivity contribution in [1.82, 2.24) is 9.34 Å². The second-order valence-corrected chi connectivity index (χ2v) is 11.1. The Morgan fingerprint density at radius 3 is 2.23 bits per heavy atom. The van der Waals surface area contributed by atoms with Crippen LogP contribution in [0.15, 0.2) is 60.7 Å². The normalized spacial score (nSPS) is 16.7. The van der Waals surface area contributed by atoms with E-state index in [1.807, 2.05) is 31.2 Å². The zero-order chi connectivity index (χ0) is 24.7. The van der Waals surface area contributed by atoms with Gasteiger partial charge in [-0.25, -0.2) is 13.7 Å². The number of nitro groups is 1. The molecule has 0 bridgehead atoms. The molecule has 2 aliphatic heterocycles. The first-order chi connectivity index (χ1) is 16.7. The molecule has 0 aliphatic carbocycles. The number of nitrogens with zero attached hydrogens (tertiary/aromatic N) is 3. The second kappa shape index (κ2) is 9.17. The van der Waals surface area contributed by atoms with Crippen molar-refractivity contribution in [3.8, 4) is 22.6 Å². The van der Waals surface area contributed by atoms with Crippen LogP contribution < -0.4 is 4.74 Å². The first-order valence-corrected chi connectivity index (χ1v) is 12.9. The summed E-state index contributed by atoms with van der Waals surface area (Å²) in [6, 6.07) is 16.2. The quantitative estimate of drug-likeness (QED) is 0.148. The molecule has 0 spiro atoms. The van der Waals surface area contributed by atoms with Crippen LogP contribution in [0.4, 0.5) is 10.1 Å². The molecule has 1 atom stereocenters. The van der Waals surface area contributed by atoms with E-state index in [-0.39, 0.29) is 17.2 Å². The highest BCUT2D eigenvalue weighted by molar-refractivity contribution is 7.54. The molecule has 0 aromatic heterocycles. The maximum atomic E-state index is 14.9. The average Bonchev–Trinajstić information content (AvgIpc) is 3.71. The van der Waals surface area contributed by atoms with E-state index in [2.05, 4.69) is 0 Å². The third-order valence-electron chi connectivity index (χ3n) is 6.04. The molecule has 3 aromatic carbocycles. The van der Waals surface area contributed by atoms with E-state index in [1.54, 1.807) is 34.5 Å². The van der Waals surface area contributed by atoms with Gasteiger partial charge in [-0.1, -0.05) is 29.8 Å². The fourth-order valence-corrected chi connectivity index (χ4v) is 6.19. The molecule has 0 amide bonds. The fourth-order valence-electron chi connectivity index (χ4n) is 3.84. The number of rotatable bonds is 9. The Bertz CT molecular complexity index is 1310. The highest BCUT2D eigenvalue weighted by Gasteiger charge is 2.50. The van der Waals surface area contributed by atoms with E-state index >= 15 is 0 Å². The highest BCUT2D eigenvalue weighted by Crippen LogP contribution is 2.63. The van der Waals surface area contributed by atoms with Gasteiger partial charge in [-0.05, 0) is 49.2 Å². The number of hydrogen-bond acceptors (Lipinski definition) is 5. The largest absolute Gasteiger partial charge is 0.450 e. The van der Waals surface area contributed by atoms with Crippen molar-refractivity contribution in [2.75, 3.05) is 26.2 Å². The molecule has 182 valence electrons. The Hall–Kier alpha value is -3.10. The number of halogens is 1. The van der Waals surface area contributed by atoms with Gasteiger partial charge in [0.2, 0.25) is 5.75 Å². The summed E-state index contributed by atoms with van der Waals surface area (Å²) in [4.78, 5) is 11.1. The van der Waals surface area contributed by atoms with Gasteiger partial charge in [-0.15, -0.1) is 0 Å². The summed E-state index contributed by atoms with van der Waals surface area (Å²) in [6.45, 7) is 6.59.